The van der Waals surface area contributed by atoms with Crippen LogP contribution in [0.2, 0.25) is 0 Å². The molecule has 0 bridgehead atoms. The van der Waals surface area contributed by atoms with Crippen LogP contribution in [0.3, 0.4) is 0 Å². The third-order valence-corrected chi connectivity index (χ3v) is 4.40. The Hall–Kier alpha value is -0.410. The molecule has 0 aliphatic heterocycles. The van der Waals surface area contributed by atoms with Gasteiger partial charge in [-0.05, 0) is 53.0 Å². The van der Waals surface area contributed by atoms with E-state index in [1.165, 1.54) is 12.8 Å². The monoisotopic (exact) mass is 268 g/mol. The molecule has 0 aromatic rings. The van der Waals surface area contributed by atoms with E-state index < -0.39 is 0 Å². The van der Waals surface area contributed by atoms with Gasteiger partial charge in [0.1, 0.15) is 5.78 Å². The zero-order valence-electron chi connectivity index (χ0n) is 13.5. The molecule has 112 valence electrons. The van der Waals surface area contributed by atoms with Gasteiger partial charge >= 0.3 is 0 Å². The largest absolute Gasteiger partial charge is 0.309 e. The smallest absolute Gasteiger partial charge is 0.142 e. The summed E-state index contributed by atoms with van der Waals surface area (Å²) in [5.41, 5.74) is -0.0913. The molecule has 19 heavy (non-hydrogen) atoms. The van der Waals surface area contributed by atoms with Crippen LogP contribution in [0.1, 0.15) is 46.5 Å². The van der Waals surface area contributed by atoms with Gasteiger partial charge in [0.2, 0.25) is 0 Å². The lowest BCUT2D eigenvalue weighted by atomic mass is 9.71. The van der Waals surface area contributed by atoms with E-state index in [9.17, 15) is 4.79 Å². The lowest BCUT2D eigenvalue weighted by Crippen LogP contribution is -2.42. The van der Waals surface area contributed by atoms with Gasteiger partial charge in [0.25, 0.3) is 0 Å². The first kappa shape index (κ1) is 16.6. The molecule has 3 nitrogen and oxygen atoms in total. The third kappa shape index (κ3) is 5.23. The van der Waals surface area contributed by atoms with Crippen molar-refractivity contribution in [2.24, 2.45) is 11.3 Å². The van der Waals surface area contributed by atoms with Crippen molar-refractivity contribution in [2.45, 2.75) is 46.5 Å². The van der Waals surface area contributed by atoms with E-state index in [-0.39, 0.29) is 11.3 Å². The fourth-order valence-corrected chi connectivity index (χ4v) is 3.07. The normalized spacial score (nSPS) is 23.3. The van der Waals surface area contributed by atoms with Gasteiger partial charge in [-0.2, -0.15) is 0 Å². The minimum Gasteiger partial charge on any atom is -0.309 e. The Bertz CT molecular complexity index is 286. The summed E-state index contributed by atoms with van der Waals surface area (Å²) in [7, 11) is 4.23. The van der Waals surface area contributed by atoms with Crippen LogP contribution in [0.5, 0.6) is 0 Å². The van der Waals surface area contributed by atoms with E-state index in [1.807, 2.05) is 0 Å². The number of carbonyl (C=O) groups is 1. The van der Waals surface area contributed by atoms with Crippen molar-refractivity contribution in [3.8, 4) is 0 Å². The van der Waals surface area contributed by atoms with Crippen LogP contribution < -0.4 is 0 Å². The summed E-state index contributed by atoms with van der Waals surface area (Å²) in [6.45, 7) is 10.7. The predicted octanol–water partition coefficient (Wildman–Crippen LogP) is 2.66. The Morgan fingerprint density at radius 3 is 2.53 bits per heavy atom. The number of hydrogen-bond donors (Lipinski definition) is 0. The zero-order chi connectivity index (χ0) is 14.5. The van der Waals surface area contributed by atoms with Gasteiger partial charge in [-0.25, -0.2) is 0 Å². The minimum absolute atomic E-state index is 0.0913. The molecule has 0 N–H and O–H groups in total. The molecule has 0 aromatic heterocycles. The summed E-state index contributed by atoms with van der Waals surface area (Å²) in [6, 6.07) is 0. The molecule has 1 aliphatic rings. The Labute approximate surface area is 119 Å². The summed E-state index contributed by atoms with van der Waals surface area (Å²) in [6.07, 6.45) is 4.55. The molecule has 0 amide bonds. The van der Waals surface area contributed by atoms with Gasteiger partial charge in [-0.15, -0.1) is 0 Å². The quantitative estimate of drug-likeness (QED) is 0.709. The van der Waals surface area contributed by atoms with Crippen LogP contribution in [0.4, 0.5) is 0 Å². The number of Topliss-reactive ketones (excluding diaryl/α,β-unsaturated/α-hetero) is 1. The number of rotatable bonds is 7. The third-order valence-electron chi connectivity index (χ3n) is 4.40. The van der Waals surface area contributed by atoms with Crippen molar-refractivity contribution in [1.82, 2.24) is 9.80 Å². The molecule has 3 heteroatoms. The average molecular weight is 268 g/mol. The summed E-state index contributed by atoms with van der Waals surface area (Å²) >= 11 is 0. The summed E-state index contributed by atoms with van der Waals surface area (Å²) in [4.78, 5) is 17.1. The minimum atomic E-state index is -0.0913. The molecular weight excluding hydrogens is 236 g/mol. The van der Waals surface area contributed by atoms with E-state index in [0.717, 1.165) is 39.0 Å². The summed E-state index contributed by atoms with van der Waals surface area (Å²) < 4.78 is 0. The fraction of sp³-hybridized carbons (Fsp3) is 0.938. The highest BCUT2D eigenvalue weighted by Crippen LogP contribution is 2.35. The van der Waals surface area contributed by atoms with Crippen LogP contribution >= 0.6 is 0 Å². The Morgan fingerprint density at radius 2 is 1.95 bits per heavy atom. The van der Waals surface area contributed by atoms with Crippen LogP contribution in [-0.4, -0.2) is 55.9 Å². The second-order valence-electron chi connectivity index (χ2n) is 6.89. The van der Waals surface area contributed by atoms with Gasteiger partial charge in [0, 0.05) is 17.9 Å². The second-order valence-corrected chi connectivity index (χ2v) is 6.89. The van der Waals surface area contributed by atoms with E-state index in [2.05, 4.69) is 44.7 Å². The maximum Gasteiger partial charge on any atom is 0.142 e. The van der Waals surface area contributed by atoms with Gasteiger partial charge in [0.15, 0.2) is 0 Å². The van der Waals surface area contributed by atoms with Gasteiger partial charge in [0.05, 0.1) is 0 Å². The summed E-state index contributed by atoms with van der Waals surface area (Å²) in [5.74, 6) is 0.757. The van der Waals surface area contributed by atoms with E-state index >= 15 is 0 Å². The summed E-state index contributed by atoms with van der Waals surface area (Å²) in [5, 5.41) is 0. The van der Waals surface area contributed by atoms with Crippen LogP contribution in [-0.2, 0) is 4.79 Å². The first-order chi connectivity index (χ1) is 8.86. The molecule has 1 fully saturated rings. The molecular formula is C16H32N2O. The topological polar surface area (TPSA) is 23.6 Å². The van der Waals surface area contributed by atoms with E-state index in [0.29, 0.717) is 5.78 Å². The molecule has 1 atom stereocenters. The molecule has 1 saturated carbocycles. The fourth-order valence-electron chi connectivity index (χ4n) is 3.07. The Kier molecular flexibility index (Phi) is 6.48. The molecule has 1 rings (SSSR count). The molecule has 0 saturated heterocycles. The van der Waals surface area contributed by atoms with Crippen molar-refractivity contribution in [1.29, 1.82) is 0 Å². The predicted molar refractivity (Wildman–Crippen MR) is 81.4 cm³/mol. The van der Waals surface area contributed by atoms with Crippen molar-refractivity contribution in [3.05, 3.63) is 0 Å². The molecule has 0 aromatic carbocycles. The van der Waals surface area contributed by atoms with Crippen LogP contribution in [0, 0.1) is 11.3 Å². The van der Waals surface area contributed by atoms with Crippen molar-refractivity contribution >= 4 is 5.78 Å². The molecule has 0 heterocycles. The second kappa shape index (κ2) is 7.39. The lowest BCUT2D eigenvalue weighted by molar-refractivity contribution is -0.135. The Morgan fingerprint density at radius 1 is 1.26 bits per heavy atom. The SMILES string of the molecule is CCN(CCCN(C)C)CC1CCCC(C)(C)C1=O. The van der Waals surface area contributed by atoms with Crippen molar-refractivity contribution in [3.63, 3.8) is 0 Å². The van der Waals surface area contributed by atoms with E-state index in [1.54, 1.807) is 0 Å². The van der Waals surface area contributed by atoms with Crippen LogP contribution in [0.15, 0.2) is 0 Å². The molecule has 1 unspecified atom stereocenters. The zero-order valence-corrected chi connectivity index (χ0v) is 13.5. The first-order valence-electron chi connectivity index (χ1n) is 7.78. The first-order valence-corrected chi connectivity index (χ1v) is 7.78. The number of ketones is 1. The molecule has 0 spiro atoms. The van der Waals surface area contributed by atoms with Gasteiger partial charge in [-0.1, -0.05) is 27.2 Å². The highest BCUT2D eigenvalue weighted by molar-refractivity contribution is 5.87. The van der Waals surface area contributed by atoms with Gasteiger partial charge < -0.3 is 9.80 Å². The molecule has 1 aliphatic carbocycles. The number of hydrogen-bond acceptors (Lipinski definition) is 3. The van der Waals surface area contributed by atoms with E-state index in [4.69, 9.17) is 0 Å². The lowest BCUT2D eigenvalue weighted by Gasteiger charge is -2.36. The van der Waals surface area contributed by atoms with Crippen LogP contribution in [0.25, 0.3) is 0 Å². The highest BCUT2D eigenvalue weighted by atomic mass is 16.1. The average Bonchev–Trinajstić information content (AvgIpc) is 2.33. The number of nitrogens with zero attached hydrogens (tertiary/aromatic N) is 2. The van der Waals surface area contributed by atoms with Crippen molar-refractivity contribution < 1.29 is 4.79 Å². The Balaban J connectivity index is 2.44. The highest BCUT2D eigenvalue weighted by Gasteiger charge is 2.37. The number of carbonyl (C=O) groups excluding carboxylic acids is 1. The maximum absolute atomic E-state index is 12.4. The maximum atomic E-state index is 12.4. The molecule has 0 radical (unpaired) electrons. The standard InChI is InChI=1S/C16H32N2O/c1-6-18(12-8-11-17(4)5)13-14-9-7-10-16(2,3)15(14)19/h14H,6-13H2,1-5H3. The van der Waals surface area contributed by atoms with Gasteiger partial charge in [-0.3, -0.25) is 4.79 Å². The van der Waals surface area contributed by atoms with Crippen molar-refractivity contribution in [2.75, 3.05) is 40.3 Å².